The van der Waals surface area contributed by atoms with Crippen molar-refractivity contribution in [2.75, 3.05) is 5.73 Å². The number of benzene rings is 2. The molecule has 2 atom stereocenters. The van der Waals surface area contributed by atoms with Crippen molar-refractivity contribution in [1.82, 2.24) is 4.72 Å². The van der Waals surface area contributed by atoms with Gasteiger partial charge in [-0.1, -0.05) is 39.7 Å². The van der Waals surface area contributed by atoms with Gasteiger partial charge in [0.25, 0.3) is 0 Å². The van der Waals surface area contributed by atoms with Gasteiger partial charge in [0.2, 0.25) is 0 Å². The molecule has 0 amide bonds. The van der Waals surface area contributed by atoms with E-state index in [0.29, 0.717) is 10.7 Å². The average molecular weight is 416 g/mol. The van der Waals surface area contributed by atoms with Crippen LogP contribution in [0, 0.1) is 0 Å². The molecule has 3 N–H and O–H groups in total. The lowest BCUT2D eigenvalue weighted by atomic mass is 9.98. The van der Waals surface area contributed by atoms with Crippen molar-refractivity contribution in [3.8, 4) is 0 Å². The maximum atomic E-state index is 12.6. The summed E-state index contributed by atoms with van der Waals surface area (Å²) in [5, 5.41) is 0.659. The molecule has 0 saturated heterocycles. The fourth-order valence-corrected chi connectivity index (χ4v) is 3.38. The molecular weight excluding hydrogens is 396 g/mol. The molecule has 0 fully saturated rings. The summed E-state index contributed by atoms with van der Waals surface area (Å²) in [6.07, 6.45) is 0. The van der Waals surface area contributed by atoms with Gasteiger partial charge in [-0.2, -0.15) is 0 Å². The molecule has 2 aromatic rings. The summed E-state index contributed by atoms with van der Waals surface area (Å²) in [4.78, 5) is 0. The highest BCUT2D eigenvalue weighted by atomic mass is 79.9. The van der Waals surface area contributed by atoms with Crippen molar-refractivity contribution in [3.63, 3.8) is 0 Å². The summed E-state index contributed by atoms with van der Waals surface area (Å²) in [6.45, 7) is 5.79. The Labute approximate surface area is 153 Å². The Bertz CT molecular complexity index is 714. The van der Waals surface area contributed by atoms with Gasteiger partial charge >= 0.3 is 0 Å². The molecular formula is C17H20BrClN2OS. The third-order valence-corrected chi connectivity index (χ3v) is 5.65. The maximum absolute atomic E-state index is 12.6. The molecule has 3 nitrogen and oxygen atoms in total. The summed E-state index contributed by atoms with van der Waals surface area (Å²) < 4.78 is 16.3. The highest BCUT2D eigenvalue weighted by Gasteiger charge is 2.25. The number of nitrogens with one attached hydrogen (secondary N) is 1. The van der Waals surface area contributed by atoms with Gasteiger partial charge in [-0.25, -0.2) is 8.93 Å². The Kier molecular flexibility index (Phi) is 5.89. The Morgan fingerprint density at radius 2 is 1.78 bits per heavy atom. The third-order valence-electron chi connectivity index (χ3n) is 3.34. The van der Waals surface area contributed by atoms with Crippen LogP contribution in [0.5, 0.6) is 0 Å². The molecule has 0 saturated carbocycles. The summed E-state index contributed by atoms with van der Waals surface area (Å²) in [5.41, 5.74) is 8.63. The van der Waals surface area contributed by atoms with Crippen LogP contribution in [0.25, 0.3) is 0 Å². The lowest BCUT2D eigenvalue weighted by molar-refractivity contribution is 0.624. The molecule has 124 valence electrons. The molecule has 0 aliphatic carbocycles. The monoisotopic (exact) mass is 414 g/mol. The first-order chi connectivity index (χ1) is 10.7. The second kappa shape index (κ2) is 7.34. The highest BCUT2D eigenvalue weighted by Crippen LogP contribution is 2.31. The first kappa shape index (κ1) is 18.5. The van der Waals surface area contributed by atoms with E-state index in [-0.39, 0.29) is 10.8 Å². The topological polar surface area (TPSA) is 55.1 Å². The van der Waals surface area contributed by atoms with Gasteiger partial charge in [0.05, 0.1) is 21.8 Å². The van der Waals surface area contributed by atoms with E-state index in [0.717, 1.165) is 15.6 Å². The van der Waals surface area contributed by atoms with E-state index >= 15 is 0 Å². The van der Waals surface area contributed by atoms with E-state index in [9.17, 15) is 4.21 Å². The van der Waals surface area contributed by atoms with E-state index in [1.54, 1.807) is 0 Å². The molecule has 6 heteroatoms. The van der Waals surface area contributed by atoms with Gasteiger partial charge in [0, 0.05) is 15.2 Å². The Balaban J connectivity index is 2.49. The molecule has 0 heterocycles. The van der Waals surface area contributed by atoms with Crippen LogP contribution in [-0.4, -0.2) is 8.96 Å². The molecule has 0 radical (unpaired) electrons. The predicted octanol–water partition coefficient (Wildman–Crippen LogP) is 4.83. The lowest BCUT2D eigenvalue weighted by Gasteiger charge is -2.26. The normalized spacial score (nSPS) is 14.5. The fourth-order valence-electron chi connectivity index (χ4n) is 2.05. The van der Waals surface area contributed by atoms with Crippen molar-refractivity contribution in [2.24, 2.45) is 0 Å². The van der Waals surface area contributed by atoms with Crippen LogP contribution in [0.2, 0.25) is 5.02 Å². The Morgan fingerprint density at radius 3 is 2.35 bits per heavy atom. The van der Waals surface area contributed by atoms with Crippen molar-refractivity contribution < 1.29 is 4.21 Å². The van der Waals surface area contributed by atoms with Crippen molar-refractivity contribution in [3.05, 3.63) is 63.1 Å². The number of halogens is 2. The Morgan fingerprint density at radius 1 is 1.17 bits per heavy atom. The predicted molar refractivity (Wildman–Crippen MR) is 103 cm³/mol. The molecule has 2 aromatic carbocycles. The minimum absolute atomic E-state index is 0.287. The SMILES string of the molecule is CC(C)(C)S(=O)NC(c1ccc(Cl)cc1)c1cc(Br)ccc1N. The van der Waals surface area contributed by atoms with E-state index in [1.165, 1.54) is 0 Å². The molecule has 0 spiro atoms. The van der Waals surface area contributed by atoms with E-state index in [1.807, 2.05) is 63.2 Å². The Hall–Kier alpha value is -0.880. The molecule has 0 aromatic heterocycles. The molecule has 0 bridgehead atoms. The van der Waals surface area contributed by atoms with Gasteiger partial charge in [-0.05, 0) is 62.2 Å². The number of nitrogens with two attached hydrogens (primary N) is 1. The van der Waals surface area contributed by atoms with Crippen LogP contribution >= 0.6 is 27.5 Å². The van der Waals surface area contributed by atoms with Crippen LogP contribution in [0.15, 0.2) is 46.9 Å². The average Bonchev–Trinajstić information content (AvgIpc) is 2.47. The second-order valence-electron chi connectivity index (χ2n) is 6.26. The summed E-state index contributed by atoms with van der Waals surface area (Å²) >= 11 is 9.46. The fraction of sp³-hybridized carbons (Fsp3) is 0.294. The van der Waals surface area contributed by atoms with Crippen molar-refractivity contribution >= 4 is 44.2 Å². The van der Waals surface area contributed by atoms with Gasteiger partial charge in [0.15, 0.2) is 0 Å². The zero-order valence-corrected chi connectivity index (χ0v) is 16.4. The van der Waals surface area contributed by atoms with Gasteiger partial charge in [-0.15, -0.1) is 0 Å². The van der Waals surface area contributed by atoms with Gasteiger partial charge in [0.1, 0.15) is 0 Å². The third kappa shape index (κ3) is 4.80. The molecule has 2 unspecified atom stereocenters. The molecule has 23 heavy (non-hydrogen) atoms. The van der Waals surface area contributed by atoms with Crippen LogP contribution in [0.1, 0.15) is 37.9 Å². The lowest BCUT2D eigenvalue weighted by Crippen LogP contribution is -2.36. The standard InChI is InChI=1S/C17H20BrClN2OS/c1-17(2,3)23(22)21-16(11-4-7-13(19)8-5-11)14-10-12(18)6-9-15(14)20/h4-10,16,21H,20H2,1-3H3. The van der Waals surface area contributed by atoms with Gasteiger partial charge < -0.3 is 5.73 Å². The van der Waals surface area contributed by atoms with Crippen LogP contribution in [0.4, 0.5) is 5.69 Å². The number of hydrogen-bond acceptors (Lipinski definition) is 2. The van der Waals surface area contributed by atoms with E-state index < -0.39 is 11.0 Å². The minimum atomic E-state index is -1.24. The first-order valence-corrected chi connectivity index (χ1v) is 9.49. The van der Waals surface area contributed by atoms with Crippen LogP contribution < -0.4 is 10.5 Å². The summed E-state index contributed by atoms with van der Waals surface area (Å²) in [6, 6.07) is 12.9. The highest BCUT2D eigenvalue weighted by molar-refractivity contribution is 9.10. The van der Waals surface area contributed by atoms with E-state index in [4.69, 9.17) is 17.3 Å². The molecule has 2 rings (SSSR count). The molecule has 0 aliphatic heterocycles. The summed E-state index contributed by atoms with van der Waals surface area (Å²) in [5.74, 6) is 0. The minimum Gasteiger partial charge on any atom is -0.398 e. The van der Waals surface area contributed by atoms with E-state index in [2.05, 4.69) is 20.7 Å². The quantitative estimate of drug-likeness (QED) is 0.703. The van der Waals surface area contributed by atoms with Crippen molar-refractivity contribution in [1.29, 1.82) is 0 Å². The van der Waals surface area contributed by atoms with Crippen LogP contribution in [0.3, 0.4) is 0 Å². The molecule has 0 aliphatic rings. The van der Waals surface area contributed by atoms with Gasteiger partial charge in [-0.3, -0.25) is 0 Å². The summed E-state index contributed by atoms with van der Waals surface area (Å²) in [7, 11) is -1.24. The first-order valence-electron chi connectivity index (χ1n) is 7.17. The smallest absolute Gasteiger partial charge is 0.0979 e. The van der Waals surface area contributed by atoms with Crippen LogP contribution in [-0.2, 0) is 11.0 Å². The van der Waals surface area contributed by atoms with Crippen molar-refractivity contribution in [2.45, 2.75) is 31.6 Å². The number of hydrogen-bond donors (Lipinski definition) is 2. The zero-order chi connectivity index (χ0) is 17.2. The number of nitrogen functional groups attached to an aromatic ring is 1. The number of rotatable bonds is 4. The maximum Gasteiger partial charge on any atom is 0.0979 e. The number of anilines is 1. The second-order valence-corrected chi connectivity index (χ2v) is 9.61. The zero-order valence-electron chi connectivity index (χ0n) is 13.3. The largest absolute Gasteiger partial charge is 0.398 e.